The quantitative estimate of drug-likeness (QED) is 0.0265. The predicted molar refractivity (Wildman–Crippen MR) is 247 cm³/mol. The number of esters is 2. The molecule has 0 fully saturated rings. The first-order valence-corrected chi connectivity index (χ1v) is 26.0. The van der Waals surface area contributed by atoms with Gasteiger partial charge in [0, 0.05) is 19.4 Å². The maximum atomic E-state index is 12.6. The lowest BCUT2D eigenvalue weighted by Crippen LogP contribution is -2.29. The highest BCUT2D eigenvalue weighted by molar-refractivity contribution is 7.47. The van der Waals surface area contributed by atoms with Gasteiger partial charge < -0.3 is 20.1 Å². The van der Waals surface area contributed by atoms with E-state index in [-0.39, 0.29) is 38.6 Å². The van der Waals surface area contributed by atoms with Crippen LogP contribution in [0.25, 0.3) is 0 Å². The van der Waals surface area contributed by atoms with Crippen LogP contribution in [0.2, 0.25) is 0 Å². The van der Waals surface area contributed by atoms with Crippen LogP contribution in [0.15, 0.2) is 36.5 Å². The number of nitrogens with two attached hydrogens (primary N) is 1. The zero-order valence-electron chi connectivity index (χ0n) is 38.2. The molecule has 0 rings (SSSR count). The minimum absolute atomic E-state index is 0.0526. The van der Waals surface area contributed by atoms with Crippen LogP contribution in [-0.2, 0) is 32.7 Å². The Morgan fingerprint density at radius 2 is 0.881 bits per heavy atom. The number of carbonyl (C=O) groups excluding carboxylic acids is 2. The molecule has 0 heterocycles. The van der Waals surface area contributed by atoms with Crippen LogP contribution in [0.4, 0.5) is 0 Å². The lowest BCUT2D eigenvalue weighted by atomic mass is 10.1. The van der Waals surface area contributed by atoms with Crippen molar-refractivity contribution in [3.8, 4) is 0 Å². The number of phosphoric acid groups is 1. The molecule has 0 saturated carbocycles. The van der Waals surface area contributed by atoms with Gasteiger partial charge in [-0.2, -0.15) is 0 Å². The summed E-state index contributed by atoms with van der Waals surface area (Å²) in [6.45, 7) is 3.72. The van der Waals surface area contributed by atoms with Crippen molar-refractivity contribution < 1.29 is 37.6 Å². The van der Waals surface area contributed by atoms with Crippen molar-refractivity contribution in [3.63, 3.8) is 0 Å². The molecule has 0 aromatic rings. The van der Waals surface area contributed by atoms with Gasteiger partial charge in [-0.05, 0) is 70.6 Å². The zero-order valence-corrected chi connectivity index (χ0v) is 39.1. The number of hydrogen-bond donors (Lipinski definition) is 2. The Balaban J connectivity index is 4.07. The predicted octanol–water partition coefficient (Wildman–Crippen LogP) is 14.5. The molecule has 0 aromatic heterocycles. The van der Waals surface area contributed by atoms with Gasteiger partial charge in [-0.3, -0.25) is 18.6 Å². The van der Waals surface area contributed by atoms with Gasteiger partial charge in [0.25, 0.3) is 0 Å². The number of rotatable bonds is 46. The lowest BCUT2D eigenvalue weighted by molar-refractivity contribution is -0.161. The monoisotopic (exact) mass is 854 g/mol. The second kappa shape index (κ2) is 45.7. The molecule has 346 valence electrons. The molecule has 0 bridgehead atoms. The molecular weight excluding hydrogens is 762 g/mol. The summed E-state index contributed by atoms with van der Waals surface area (Å²) in [7, 11) is -4.38. The van der Waals surface area contributed by atoms with Crippen molar-refractivity contribution in [2.75, 3.05) is 26.4 Å². The van der Waals surface area contributed by atoms with Crippen LogP contribution in [0.3, 0.4) is 0 Å². The number of carbonyl (C=O) groups is 2. The molecule has 0 aliphatic heterocycles. The fraction of sp³-hybridized carbons (Fsp3) is 0.837. The first-order valence-electron chi connectivity index (χ1n) is 24.5. The Bertz CT molecular complexity index is 1060. The Hall–Kier alpha value is -1.77. The molecule has 0 spiro atoms. The summed E-state index contributed by atoms with van der Waals surface area (Å²) < 4.78 is 32.9. The topological polar surface area (TPSA) is 134 Å². The third-order valence-corrected chi connectivity index (χ3v) is 11.5. The zero-order chi connectivity index (χ0) is 43.2. The van der Waals surface area contributed by atoms with Gasteiger partial charge in [-0.25, -0.2) is 4.57 Å². The minimum Gasteiger partial charge on any atom is -0.462 e. The highest BCUT2D eigenvalue weighted by Gasteiger charge is 2.26. The molecule has 9 nitrogen and oxygen atoms in total. The minimum atomic E-state index is -4.38. The van der Waals surface area contributed by atoms with E-state index in [9.17, 15) is 19.0 Å². The first-order chi connectivity index (χ1) is 28.8. The van der Waals surface area contributed by atoms with Gasteiger partial charge in [0.05, 0.1) is 13.2 Å². The molecule has 0 aliphatic rings. The summed E-state index contributed by atoms with van der Waals surface area (Å²) in [6, 6.07) is 0. The number of hydrogen-bond acceptors (Lipinski definition) is 8. The van der Waals surface area contributed by atoms with E-state index in [2.05, 4.69) is 50.3 Å². The molecular formula is C49H92NO8P. The van der Waals surface area contributed by atoms with Crippen molar-refractivity contribution >= 4 is 19.8 Å². The molecule has 59 heavy (non-hydrogen) atoms. The molecule has 0 aromatic carbocycles. The second-order valence-electron chi connectivity index (χ2n) is 16.3. The van der Waals surface area contributed by atoms with E-state index in [1.807, 2.05) is 0 Å². The van der Waals surface area contributed by atoms with Crippen LogP contribution < -0.4 is 5.73 Å². The van der Waals surface area contributed by atoms with Gasteiger partial charge in [-0.15, -0.1) is 0 Å². The average Bonchev–Trinajstić information content (AvgIpc) is 3.22. The Labute approximate surface area is 363 Å². The van der Waals surface area contributed by atoms with Gasteiger partial charge >= 0.3 is 19.8 Å². The third-order valence-electron chi connectivity index (χ3n) is 10.5. The number of allylic oxidation sites excluding steroid dienone is 6. The van der Waals surface area contributed by atoms with E-state index >= 15 is 0 Å². The van der Waals surface area contributed by atoms with Crippen molar-refractivity contribution in [2.45, 2.75) is 238 Å². The summed E-state index contributed by atoms with van der Waals surface area (Å²) in [5.41, 5.74) is 5.36. The molecule has 2 unspecified atom stereocenters. The molecule has 0 amide bonds. The van der Waals surface area contributed by atoms with Crippen LogP contribution in [0, 0.1) is 0 Å². The smallest absolute Gasteiger partial charge is 0.462 e. The lowest BCUT2D eigenvalue weighted by Gasteiger charge is -2.19. The molecule has 2 atom stereocenters. The van der Waals surface area contributed by atoms with Crippen molar-refractivity contribution in [1.82, 2.24) is 0 Å². The van der Waals surface area contributed by atoms with E-state index in [4.69, 9.17) is 24.3 Å². The standard InChI is InChI=1S/C49H92NO8P/c1-3-5-7-9-11-13-15-17-19-21-23-25-27-29-31-33-35-37-39-41-48(51)55-45-47(46-57-59(53,54)56-44-43-50)58-49(52)42-40-38-36-34-32-30-28-26-24-22-20-18-16-14-12-10-8-6-4-2/h12,14,17-20,47H,3-11,13,15-16,21-46,50H2,1-2H3,(H,53,54)/b14-12-,19-17-,20-18-. The van der Waals surface area contributed by atoms with Gasteiger partial charge in [0.15, 0.2) is 6.10 Å². The van der Waals surface area contributed by atoms with E-state index < -0.39 is 26.5 Å². The summed E-state index contributed by atoms with van der Waals surface area (Å²) >= 11 is 0. The Morgan fingerprint density at radius 1 is 0.508 bits per heavy atom. The fourth-order valence-electron chi connectivity index (χ4n) is 6.84. The van der Waals surface area contributed by atoms with Crippen molar-refractivity contribution in [3.05, 3.63) is 36.5 Å². The molecule has 10 heteroatoms. The van der Waals surface area contributed by atoms with E-state index in [0.29, 0.717) is 6.42 Å². The van der Waals surface area contributed by atoms with E-state index in [1.165, 1.54) is 148 Å². The summed E-state index contributed by atoms with van der Waals surface area (Å²) in [5.74, 6) is -0.829. The average molecular weight is 854 g/mol. The summed E-state index contributed by atoms with van der Waals surface area (Å²) in [5, 5.41) is 0. The summed E-state index contributed by atoms with van der Waals surface area (Å²) in [6.07, 6.45) is 51.7. The van der Waals surface area contributed by atoms with Crippen LogP contribution in [-0.4, -0.2) is 49.3 Å². The highest BCUT2D eigenvalue weighted by Crippen LogP contribution is 2.43. The van der Waals surface area contributed by atoms with Gasteiger partial charge in [-0.1, -0.05) is 185 Å². The Kier molecular flexibility index (Phi) is 44.4. The first kappa shape index (κ1) is 57.2. The van der Waals surface area contributed by atoms with E-state index in [0.717, 1.165) is 51.4 Å². The van der Waals surface area contributed by atoms with Crippen molar-refractivity contribution in [2.24, 2.45) is 5.73 Å². The maximum absolute atomic E-state index is 12.6. The fourth-order valence-corrected chi connectivity index (χ4v) is 7.60. The Morgan fingerprint density at radius 3 is 1.34 bits per heavy atom. The number of ether oxygens (including phenoxy) is 2. The van der Waals surface area contributed by atoms with Crippen LogP contribution in [0.5, 0.6) is 0 Å². The van der Waals surface area contributed by atoms with Crippen LogP contribution >= 0.6 is 7.82 Å². The van der Waals surface area contributed by atoms with Gasteiger partial charge in [0.2, 0.25) is 0 Å². The number of unbranched alkanes of at least 4 members (excludes halogenated alkanes) is 27. The summed E-state index contributed by atoms with van der Waals surface area (Å²) in [4.78, 5) is 35.0. The van der Waals surface area contributed by atoms with Crippen LogP contribution in [0.1, 0.15) is 232 Å². The van der Waals surface area contributed by atoms with E-state index in [1.54, 1.807) is 0 Å². The second-order valence-corrected chi connectivity index (χ2v) is 17.8. The van der Waals surface area contributed by atoms with Gasteiger partial charge in [0.1, 0.15) is 6.61 Å². The largest absolute Gasteiger partial charge is 0.472 e. The normalized spacial score (nSPS) is 13.5. The van der Waals surface area contributed by atoms with Crippen molar-refractivity contribution in [1.29, 1.82) is 0 Å². The third kappa shape index (κ3) is 45.6. The highest BCUT2D eigenvalue weighted by atomic mass is 31.2. The maximum Gasteiger partial charge on any atom is 0.472 e. The molecule has 0 saturated heterocycles. The molecule has 3 N–H and O–H groups in total. The SMILES string of the molecule is CCCCC/C=C\C/C=C\CCCCCCCCCCCC(=O)OC(COC(=O)CCCCCCCCCCC/C=C\CCCCCCCC)COP(=O)(O)OCCN. The molecule has 0 radical (unpaired) electrons. The molecule has 0 aliphatic carbocycles. The number of phosphoric ester groups is 1.